The second-order valence-electron chi connectivity index (χ2n) is 2.42. The summed E-state index contributed by atoms with van der Waals surface area (Å²) in [4.78, 5) is 10.4. The number of benzene rings is 1. The van der Waals surface area contributed by atoms with Gasteiger partial charge in [0.05, 0.1) is 5.02 Å². The van der Waals surface area contributed by atoms with E-state index in [0.29, 0.717) is 5.56 Å². The van der Waals surface area contributed by atoms with E-state index in [0.717, 1.165) is 0 Å². The van der Waals surface area contributed by atoms with Crippen molar-refractivity contribution >= 4 is 23.6 Å². The van der Waals surface area contributed by atoms with E-state index in [9.17, 15) is 9.90 Å². The number of phenols is 1. The predicted molar refractivity (Wildman–Crippen MR) is 51.3 cm³/mol. The predicted octanol–water partition coefficient (Wildman–Crippen LogP) is 1.54. The highest BCUT2D eigenvalue weighted by molar-refractivity contribution is 6.33. The Hall–Kier alpha value is -1.48. The molecule has 1 amide bonds. The van der Waals surface area contributed by atoms with Crippen LogP contribution in [-0.2, 0) is 4.79 Å². The Morgan fingerprint density at radius 3 is 2.85 bits per heavy atom. The molecule has 4 heteroatoms. The largest absolute Gasteiger partial charge is 0.506 e. The molecule has 0 unspecified atom stereocenters. The third-order valence-electron chi connectivity index (χ3n) is 1.44. The lowest BCUT2D eigenvalue weighted by Gasteiger charge is -1.99. The van der Waals surface area contributed by atoms with Crippen LogP contribution in [0.4, 0.5) is 0 Å². The van der Waals surface area contributed by atoms with Gasteiger partial charge in [0.15, 0.2) is 0 Å². The molecule has 0 heterocycles. The van der Waals surface area contributed by atoms with Crippen molar-refractivity contribution in [2.45, 2.75) is 0 Å². The smallest absolute Gasteiger partial charge is 0.241 e. The van der Waals surface area contributed by atoms with E-state index in [1.807, 2.05) is 0 Å². The van der Waals surface area contributed by atoms with E-state index in [2.05, 4.69) is 0 Å². The summed E-state index contributed by atoms with van der Waals surface area (Å²) >= 11 is 5.72. The molecule has 13 heavy (non-hydrogen) atoms. The van der Waals surface area contributed by atoms with Gasteiger partial charge in [-0.05, 0) is 17.7 Å². The van der Waals surface area contributed by atoms with Crippen molar-refractivity contribution in [1.82, 2.24) is 0 Å². The van der Waals surface area contributed by atoms with Crippen LogP contribution in [0.1, 0.15) is 5.56 Å². The standard InChI is InChI=1S/C9H8ClNO2/c10-9-6(4-5-8(11)13)2-1-3-7(9)12/h1-5,12H,(H2,11,13). The van der Waals surface area contributed by atoms with Crippen molar-refractivity contribution < 1.29 is 9.90 Å². The van der Waals surface area contributed by atoms with Gasteiger partial charge in [-0.25, -0.2) is 0 Å². The number of primary amides is 1. The Morgan fingerprint density at radius 2 is 2.23 bits per heavy atom. The highest BCUT2D eigenvalue weighted by atomic mass is 35.5. The summed E-state index contributed by atoms with van der Waals surface area (Å²) in [5.74, 6) is -0.576. The molecule has 0 aliphatic heterocycles. The Morgan fingerprint density at radius 1 is 1.54 bits per heavy atom. The normalized spacial score (nSPS) is 10.5. The minimum atomic E-state index is -0.556. The fourth-order valence-corrected chi connectivity index (χ4v) is 1.03. The fraction of sp³-hybridized carbons (Fsp3) is 0. The molecule has 1 aromatic rings. The zero-order valence-corrected chi connectivity index (χ0v) is 7.45. The Balaban J connectivity index is 3.02. The zero-order valence-electron chi connectivity index (χ0n) is 6.70. The fourth-order valence-electron chi connectivity index (χ4n) is 0.838. The SMILES string of the molecule is NC(=O)C=Cc1cccc(O)c1Cl. The van der Waals surface area contributed by atoms with E-state index < -0.39 is 5.91 Å². The molecule has 68 valence electrons. The Kier molecular flexibility index (Phi) is 2.93. The van der Waals surface area contributed by atoms with E-state index >= 15 is 0 Å². The van der Waals surface area contributed by atoms with E-state index in [1.165, 1.54) is 18.2 Å². The van der Waals surface area contributed by atoms with Crippen LogP contribution in [0.25, 0.3) is 6.08 Å². The highest BCUT2D eigenvalue weighted by Crippen LogP contribution is 2.27. The van der Waals surface area contributed by atoms with Crippen molar-refractivity contribution in [1.29, 1.82) is 0 Å². The van der Waals surface area contributed by atoms with Crippen molar-refractivity contribution in [2.24, 2.45) is 5.73 Å². The first-order valence-corrected chi connectivity index (χ1v) is 3.94. The summed E-state index contributed by atoms with van der Waals surface area (Å²) in [5, 5.41) is 9.39. The lowest BCUT2D eigenvalue weighted by Crippen LogP contribution is -2.05. The number of hydrogen-bond acceptors (Lipinski definition) is 2. The number of nitrogens with two attached hydrogens (primary N) is 1. The van der Waals surface area contributed by atoms with Gasteiger partial charge in [-0.1, -0.05) is 23.7 Å². The van der Waals surface area contributed by atoms with Crippen LogP contribution in [0.15, 0.2) is 24.3 Å². The van der Waals surface area contributed by atoms with Gasteiger partial charge in [0, 0.05) is 6.08 Å². The van der Waals surface area contributed by atoms with Crippen LogP contribution < -0.4 is 5.73 Å². The number of aromatic hydroxyl groups is 1. The van der Waals surface area contributed by atoms with Gasteiger partial charge in [-0.3, -0.25) is 4.79 Å². The Labute approximate surface area is 80.4 Å². The molecule has 1 aromatic carbocycles. The van der Waals surface area contributed by atoms with Gasteiger partial charge in [0.1, 0.15) is 5.75 Å². The maximum Gasteiger partial charge on any atom is 0.241 e. The van der Waals surface area contributed by atoms with Gasteiger partial charge in [-0.2, -0.15) is 0 Å². The van der Waals surface area contributed by atoms with Crippen LogP contribution in [0.5, 0.6) is 5.75 Å². The summed E-state index contributed by atoms with van der Waals surface area (Å²) in [6.07, 6.45) is 2.63. The van der Waals surface area contributed by atoms with Crippen molar-refractivity contribution in [2.75, 3.05) is 0 Å². The number of amides is 1. The third kappa shape index (κ3) is 2.49. The van der Waals surface area contributed by atoms with E-state index in [-0.39, 0.29) is 10.8 Å². The van der Waals surface area contributed by atoms with Gasteiger partial charge in [-0.15, -0.1) is 0 Å². The average Bonchev–Trinajstić information content (AvgIpc) is 2.07. The lowest BCUT2D eigenvalue weighted by molar-refractivity contribution is -0.113. The van der Waals surface area contributed by atoms with Crippen molar-refractivity contribution in [3.63, 3.8) is 0 Å². The molecule has 0 bridgehead atoms. The first kappa shape index (κ1) is 9.61. The zero-order chi connectivity index (χ0) is 9.84. The minimum absolute atomic E-state index is 0.0201. The first-order valence-electron chi connectivity index (χ1n) is 3.56. The summed E-state index contributed by atoms with van der Waals surface area (Å²) in [7, 11) is 0. The molecule has 0 spiro atoms. The van der Waals surface area contributed by atoms with Crippen LogP contribution >= 0.6 is 11.6 Å². The van der Waals surface area contributed by atoms with Crippen LogP contribution in [0, 0.1) is 0 Å². The second kappa shape index (κ2) is 3.96. The molecule has 0 aliphatic rings. The number of halogens is 1. The number of carbonyl (C=O) groups is 1. The van der Waals surface area contributed by atoms with Crippen molar-refractivity contribution in [3.05, 3.63) is 34.9 Å². The summed E-state index contributed by atoms with van der Waals surface area (Å²) < 4.78 is 0. The second-order valence-corrected chi connectivity index (χ2v) is 2.79. The number of carbonyl (C=O) groups excluding carboxylic acids is 1. The number of hydrogen-bond donors (Lipinski definition) is 2. The van der Waals surface area contributed by atoms with E-state index in [1.54, 1.807) is 12.1 Å². The molecule has 1 rings (SSSR count). The molecule has 0 saturated carbocycles. The maximum absolute atomic E-state index is 10.4. The van der Waals surface area contributed by atoms with Gasteiger partial charge >= 0.3 is 0 Å². The Bertz CT molecular complexity index is 361. The van der Waals surface area contributed by atoms with E-state index in [4.69, 9.17) is 17.3 Å². The topological polar surface area (TPSA) is 63.3 Å². The van der Waals surface area contributed by atoms with Gasteiger partial charge in [0.2, 0.25) is 5.91 Å². The third-order valence-corrected chi connectivity index (χ3v) is 1.85. The molecule has 3 nitrogen and oxygen atoms in total. The average molecular weight is 198 g/mol. The highest BCUT2D eigenvalue weighted by Gasteiger charge is 2.00. The molecule has 0 saturated heterocycles. The molecule has 0 aromatic heterocycles. The lowest BCUT2D eigenvalue weighted by atomic mass is 10.2. The molecule has 0 aliphatic carbocycles. The van der Waals surface area contributed by atoms with Crippen LogP contribution in [-0.4, -0.2) is 11.0 Å². The summed E-state index contributed by atoms with van der Waals surface area (Å²) in [6, 6.07) is 4.76. The summed E-state index contributed by atoms with van der Waals surface area (Å²) in [6.45, 7) is 0. The molecular weight excluding hydrogens is 190 g/mol. The van der Waals surface area contributed by atoms with Crippen molar-refractivity contribution in [3.8, 4) is 5.75 Å². The monoisotopic (exact) mass is 197 g/mol. The number of rotatable bonds is 2. The summed E-state index contributed by atoms with van der Waals surface area (Å²) in [5.41, 5.74) is 5.45. The molecule has 0 atom stereocenters. The molecule has 0 fully saturated rings. The molecule has 0 radical (unpaired) electrons. The number of phenolic OH excluding ortho intramolecular Hbond substituents is 1. The quantitative estimate of drug-likeness (QED) is 0.707. The maximum atomic E-state index is 10.4. The minimum Gasteiger partial charge on any atom is -0.506 e. The first-order chi connectivity index (χ1) is 6.11. The van der Waals surface area contributed by atoms with Gasteiger partial charge in [0.25, 0.3) is 0 Å². The van der Waals surface area contributed by atoms with Crippen LogP contribution in [0.2, 0.25) is 5.02 Å². The van der Waals surface area contributed by atoms with Crippen LogP contribution in [0.3, 0.4) is 0 Å². The molecular formula is C9H8ClNO2. The van der Waals surface area contributed by atoms with Gasteiger partial charge < -0.3 is 10.8 Å². The molecule has 3 N–H and O–H groups in total.